The maximum absolute atomic E-state index is 10.2. The molecule has 0 N–H and O–H groups in total. The van der Waals surface area contributed by atoms with E-state index in [9.17, 15) is 10.5 Å². The van der Waals surface area contributed by atoms with Crippen molar-refractivity contribution < 1.29 is 4.42 Å². The van der Waals surface area contributed by atoms with E-state index >= 15 is 0 Å². The smallest absolute Gasteiger partial charge is 0.136 e. The molecule has 49 heavy (non-hydrogen) atoms. The molecule has 0 unspecified atom stereocenters. The average molecular weight is 626 g/mol. The summed E-state index contributed by atoms with van der Waals surface area (Å²) in [7, 11) is 0. The maximum atomic E-state index is 10.2. The second-order valence-electron chi connectivity index (χ2n) is 12.3. The SMILES string of the molecule is N#Cc1cc(-c2cccc(-n3c4cc5c(cc4c4ncccc43)oc3ccccc35)c2)cc(-n2c3ccccc3c3cc(C#N)ccc32)c1. The fourth-order valence-electron chi connectivity index (χ4n) is 7.44. The Bertz CT molecular complexity index is 3090. The van der Waals surface area contributed by atoms with E-state index in [1.807, 2.05) is 72.9 Å². The molecule has 6 nitrogen and oxygen atoms in total. The largest absolute Gasteiger partial charge is 0.456 e. The lowest BCUT2D eigenvalue weighted by atomic mass is 10.0. The summed E-state index contributed by atoms with van der Waals surface area (Å²) in [5, 5.41) is 25.0. The molecule has 6 aromatic carbocycles. The van der Waals surface area contributed by atoms with Gasteiger partial charge in [0, 0.05) is 44.5 Å². The number of hydrogen-bond donors (Lipinski definition) is 0. The number of nitrogens with zero attached hydrogens (tertiary/aromatic N) is 5. The Kier molecular flexibility index (Phi) is 5.61. The Morgan fingerprint density at radius 2 is 1.24 bits per heavy atom. The van der Waals surface area contributed by atoms with Gasteiger partial charge in [-0.05, 0) is 96.1 Å². The molecule has 226 valence electrons. The van der Waals surface area contributed by atoms with E-state index < -0.39 is 0 Å². The first-order valence-electron chi connectivity index (χ1n) is 16.0. The van der Waals surface area contributed by atoms with Crippen molar-refractivity contribution in [2.24, 2.45) is 0 Å². The van der Waals surface area contributed by atoms with Crippen LogP contribution >= 0.6 is 0 Å². The summed E-state index contributed by atoms with van der Waals surface area (Å²) in [6, 6.07) is 49.6. The molecule has 6 heteroatoms. The van der Waals surface area contributed by atoms with Crippen LogP contribution in [0.4, 0.5) is 0 Å². The Labute approximate surface area is 279 Å². The van der Waals surface area contributed by atoms with Crippen LogP contribution in [0.2, 0.25) is 0 Å². The van der Waals surface area contributed by atoms with Gasteiger partial charge >= 0.3 is 0 Å². The Hall–Kier alpha value is -7.15. The van der Waals surface area contributed by atoms with Crippen LogP contribution in [0, 0.1) is 22.7 Å². The fraction of sp³-hybridized carbons (Fsp3) is 0. The van der Waals surface area contributed by atoms with Gasteiger partial charge in [0.05, 0.1) is 50.8 Å². The zero-order valence-electron chi connectivity index (χ0n) is 25.9. The van der Waals surface area contributed by atoms with Crippen LogP contribution in [0.1, 0.15) is 11.1 Å². The lowest BCUT2D eigenvalue weighted by Gasteiger charge is -2.13. The number of furan rings is 1. The molecular weight excluding hydrogens is 603 g/mol. The van der Waals surface area contributed by atoms with Gasteiger partial charge in [0.1, 0.15) is 11.2 Å². The van der Waals surface area contributed by atoms with Gasteiger partial charge in [-0.15, -0.1) is 0 Å². The van der Waals surface area contributed by atoms with Crippen molar-refractivity contribution in [1.29, 1.82) is 10.5 Å². The third-order valence-corrected chi connectivity index (χ3v) is 9.56. The highest BCUT2D eigenvalue weighted by atomic mass is 16.3. The topological polar surface area (TPSA) is 83.5 Å². The molecule has 0 fully saturated rings. The van der Waals surface area contributed by atoms with Crippen LogP contribution in [0.15, 0.2) is 144 Å². The highest BCUT2D eigenvalue weighted by molar-refractivity contribution is 6.16. The van der Waals surface area contributed by atoms with Crippen molar-refractivity contribution in [1.82, 2.24) is 14.1 Å². The predicted molar refractivity (Wildman–Crippen MR) is 195 cm³/mol. The van der Waals surface area contributed by atoms with Gasteiger partial charge in [-0.1, -0.05) is 48.5 Å². The summed E-state index contributed by atoms with van der Waals surface area (Å²) in [4.78, 5) is 4.80. The number of hydrogen-bond acceptors (Lipinski definition) is 4. The van der Waals surface area contributed by atoms with Crippen LogP contribution in [0.5, 0.6) is 0 Å². The summed E-state index contributed by atoms with van der Waals surface area (Å²) in [5.74, 6) is 0. The molecule has 0 aliphatic rings. The molecule has 10 aromatic rings. The number of benzene rings is 6. The molecule has 0 spiro atoms. The highest BCUT2D eigenvalue weighted by Crippen LogP contribution is 2.39. The van der Waals surface area contributed by atoms with E-state index in [1.54, 1.807) is 0 Å². The molecule has 10 rings (SSSR count). The molecule has 0 aliphatic heterocycles. The lowest BCUT2D eigenvalue weighted by molar-refractivity contribution is 0.669. The molecule has 0 saturated carbocycles. The minimum Gasteiger partial charge on any atom is -0.456 e. The molecule has 0 atom stereocenters. The molecule has 0 saturated heterocycles. The second kappa shape index (κ2) is 10.2. The monoisotopic (exact) mass is 625 g/mol. The van der Waals surface area contributed by atoms with Crippen LogP contribution in [-0.4, -0.2) is 14.1 Å². The van der Waals surface area contributed by atoms with Gasteiger partial charge < -0.3 is 13.6 Å². The van der Waals surface area contributed by atoms with Crippen molar-refractivity contribution in [3.63, 3.8) is 0 Å². The van der Waals surface area contributed by atoms with Gasteiger partial charge in [-0.25, -0.2) is 0 Å². The summed E-state index contributed by atoms with van der Waals surface area (Å²) in [6.07, 6.45) is 1.83. The summed E-state index contributed by atoms with van der Waals surface area (Å²) in [5.41, 5.74) is 11.6. The first kappa shape index (κ1) is 27.0. The zero-order chi connectivity index (χ0) is 32.6. The van der Waals surface area contributed by atoms with Crippen molar-refractivity contribution in [3.05, 3.63) is 151 Å². The second-order valence-corrected chi connectivity index (χ2v) is 12.3. The zero-order valence-corrected chi connectivity index (χ0v) is 25.9. The van der Waals surface area contributed by atoms with E-state index in [4.69, 9.17) is 9.40 Å². The summed E-state index contributed by atoms with van der Waals surface area (Å²) in [6.45, 7) is 0. The Morgan fingerprint density at radius 3 is 2.14 bits per heavy atom. The number of fused-ring (bicyclic) bond motifs is 9. The maximum Gasteiger partial charge on any atom is 0.136 e. The number of aromatic nitrogens is 3. The van der Waals surface area contributed by atoms with Crippen LogP contribution in [0.3, 0.4) is 0 Å². The van der Waals surface area contributed by atoms with E-state index in [1.165, 1.54) is 0 Å². The lowest BCUT2D eigenvalue weighted by Crippen LogP contribution is -1.97. The third-order valence-electron chi connectivity index (χ3n) is 9.56. The first-order chi connectivity index (χ1) is 24.2. The van der Waals surface area contributed by atoms with E-state index in [0.29, 0.717) is 11.1 Å². The van der Waals surface area contributed by atoms with Crippen LogP contribution in [-0.2, 0) is 0 Å². The fourth-order valence-corrected chi connectivity index (χ4v) is 7.44. The van der Waals surface area contributed by atoms with Gasteiger partial charge in [0.15, 0.2) is 0 Å². The van der Waals surface area contributed by atoms with Gasteiger partial charge in [0.25, 0.3) is 0 Å². The molecule has 4 aromatic heterocycles. The number of pyridine rings is 1. The van der Waals surface area contributed by atoms with E-state index in [-0.39, 0.29) is 0 Å². The standard InChI is InChI=1S/C43H23N5O/c44-24-26-14-15-38-34(19-26)32-9-1-3-11-37(32)48(38)31-18-27(25-45)17-29(21-31)28-7-5-8-30(20-28)47-39-12-6-16-46-43(39)36-23-42-35(22-40(36)47)33-10-2-4-13-41(33)49-42/h1-23H. The molecule has 0 aliphatic carbocycles. The molecule has 0 amide bonds. The highest BCUT2D eigenvalue weighted by Gasteiger charge is 2.18. The van der Waals surface area contributed by atoms with Crippen molar-refractivity contribution in [3.8, 4) is 34.6 Å². The van der Waals surface area contributed by atoms with Gasteiger partial charge in [-0.2, -0.15) is 10.5 Å². The summed E-state index contributed by atoms with van der Waals surface area (Å²) >= 11 is 0. The molecule has 0 bridgehead atoms. The Balaban J connectivity index is 1.20. The van der Waals surface area contributed by atoms with E-state index in [2.05, 4.69) is 88.0 Å². The number of rotatable bonds is 3. The molecule has 0 radical (unpaired) electrons. The summed E-state index contributed by atoms with van der Waals surface area (Å²) < 4.78 is 10.7. The van der Waals surface area contributed by atoms with E-state index in [0.717, 1.165) is 88.2 Å². The Morgan fingerprint density at radius 1 is 0.469 bits per heavy atom. The normalized spacial score (nSPS) is 11.6. The number of para-hydroxylation sites is 2. The molecular formula is C43H23N5O. The van der Waals surface area contributed by atoms with Crippen molar-refractivity contribution >= 4 is 65.7 Å². The van der Waals surface area contributed by atoms with Crippen molar-refractivity contribution in [2.75, 3.05) is 0 Å². The van der Waals surface area contributed by atoms with Crippen molar-refractivity contribution in [2.45, 2.75) is 0 Å². The number of nitriles is 2. The van der Waals surface area contributed by atoms with Gasteiger partial charge in [0.2, 0.25) is 0 Å². The minimum atomic E-state index is 0.563. The van der Waals surface area contributed by atoms with Crippen LogP contribution < -0.4 is 0 Å². The quantitative estimate of drug-likeness (QED) is 0.196. The predicted octanol–water partition coefficient (Wildman–Crippen LogP) is 10.6. The van der Waals surface area contributed by atoms with Crippen LogP contribution in [0.25, 0.3) is 88.2 Å². The average Bonchev–Trinajstić information content (AvgIpc) is 3.80. The van der Waals surface area contributed by atoms with Gasteiger partial charge in [-0.3, -0.25) is 4.98 Å². The molecule has 4 heterocycles. The first-order valence-corrected chi connectivity index (χ1v) is 16.0. The third kappa shape index (κ3) is 3.96. The minimum absolute atomic E-state index is 0.563.